The van der Waals surface area contributed by atoms with Crippen molar-refractivity contribution in [1.82, 2.24) is 9.80 Å². The average molecular weight is 409 g/mol. The second-order valence-corrected chi connectivity index (χ2v) is 7.21. The van der Waals surface area contributed by atoms with Gasteiger partial charge in [0.05, 0.1) is 0 Å². The molecule has 0 bridgehead atoms. The topological polar surface area (TPSA) is 95.7 Å². The Morgan fingerprint density at radius 2 is 1.79 bits per heavy atom. The van der Waals surface area contributed by atoms with Crippen LogP contribution in [0.5, 0.6) is 0 Å². The van der Waals surface area contributed by atoms with Crippen LogP contribution in [0.1, 0.15) is 58.3 Å². The average Bonchev–Trinajstić information content (AvgIpc) is 3.01. The fourth-order valence-electron chi connectivity index (χ4n) is 2.81. The molecule has 3 N–H and O–H groups in total. The van der Waals surface area contributed by atoms with Gasteiger partial charge in [0.15, 0.2) is 0 Å². The van der Waals surface area contributed by atoms with E-state index in [0.717, 1.165) is 18.6 Å². The van der Waals surface area contributed by atoms with Crippen LogP contribution in [0, 0.1) is 5.92 Å². The van der Waals surface area contributed by atoms with E-state index in [1.807, 2.05) is 43.0 Å². The van der Waals surface area contributed by atoms with Crippen LogP contribution in [0.4, 0.5) is 5.69 Å². The number of benzene rings is 1. The van der Waals surface area contributed by atoms with Crippen LogP contribution in [-0.4, -0.2) is 61.3 Å². The molecular formula is C22H40N4O3. The summed E-state index contributed by atoms with van der Waals surface area (Å²) in [6.07, 6.45) is 2.37. The molecule has 166 valence electrons. The van der Waals surface area contributed by atoms with Crippen LogP contribution in [0.25, 0.3) is 0 Å². The van der Waals surface area contributed by atoms with E-state index >= 15 is 0 Å². The fraction of sp³-hybridized carbons (Fsp3) is 0.591. The summed E-state index contributed by atoms with van der Waals surface area (Å²) in [7, 11) is 3.51. The first kappa shape index (κ1) is 28.6. The van der Waals surface area contributed by atoms with Gasteiger partial charge < -0.3 is 20.9 Å². The lowest BCUT2D eigenvalue weighted by atomic mass is 10.1. The summed E-state index contributed by atoms with van der Waals surface area (Å²) in [5.74, 6) is 0.729. The molecule has 7 heteroatoms. The molecule has 1 aromatic carbocycles. The van der Waals surface area contributed by atoms with E-state index in [1.165, 1.54) is 6.42 Å². The highest BCUT2D eigenvalue weighted by atomic mass is 16.2. The van der Waals surface area contributed by atoms with Gasteiger partial charge in [-0.2, -0.15) is 0 Å². The second-order valence-electron chi connectivity index (χ2n) is 7.21. The zero-order valence-corrected chi connectivity index (χ0v) is 19.3. The van der Waals surface area contributed by atoms with Crippen molar-refractivity contribution in [3.05, 3.63) is 29.8 Å². The predicted octanol–water partition coefficient (Wildman–Crippen LogP) is 3.21. The molecule has 2 atom stereocenters. The first-order valence-electron chi connectivity index (χ1n) is 10.1. The molecule has 0 radical (unpaired) electrons. The molecule has 0 saturated carbocycles. The van der Waals surface area contributed by atoms with Gasteiger partial charge in [-0.3, -0.25) is 14.4 Å². The van der Waals surface area contributed by atoms with E-state index in [1.54, 1.807) is 19.0 Å². The Kier molecular flexibility index (Phi) is 16.2. The third-order valence-electron chi connectivity index (χ3n) is 3.94. The number of primary amides is 1. The maximum Gasteiger partial charge on any atom is 0.253 e. The SMILES string of the molecule is CC.CC(C)Nc1cccc(C(=O)N(C)C)c1.C[C@@H]1C[C@@H](C)N(C=O)C1.NC=O. The number of nitrogens with zero attached hydrogens (tertiary/aromatic N) is 2. The van der Waals surface area contributed by atoms with Gasteiger partial charge in [-0.1, -0.05) is 26.8 Å². The fourth-order valence-corrected chi connectivity index (χ4v) is 2.81. The van der Waals surface area contributed by atoms with Gasteiger partial charge in [-0.15, -0.1) is 0 Å². The highest BCUT2D eigenvalue weighted by Crippen LogP contribution is 2.19. The van der Waals surface area contributed by atoms with Crippen LogP contribution >= 0.6 is 0 Å². The predicted molar refractivity (Wildman–Crippen MR) is 121 cm³/mol. The van der Waals surface area contributed by atoms with Crippen LogP contribution < -0.4 is 11.1 Å². The summed E-state index contributed by atoms with van der Waals surface area (Å²) in [5.41, 5.74) is 5.86. The molecule has 1 aliphatic rings. The van der Waals surface area contributed by atoms with Crippen molar-refractivity contribution in [2.75, 3.05) is 26.0 Å². The largest absolute Gasteiger partial charge is 0.383 e. The molecule has 29 heavy (non-hydrogen) atoms. The molecule has 2 rings (SSSR count). The number of hydrogen-bond donors (Lipinski definition) is 2. The number of carbonyl (C=O) groups excluding carboxylic acids is 3. The smallest absolute Gasteiger partial charge is 0.253 e. The molecule has 7 nitrogen and oxygen atoms in total. The summed E-state index contributed by atoms with van der Waals surface area (Å²) >= 11 is 0. The monoisotopic (exact) mass is 408 g/mol. The number of carbonyl (C=O) groups is 3. The lowest BCUT2D eigenvalue weighted by Crippen LogP contribution is -2.24. The normalized spacial score (nSPS) is 16.8. The minimum Gasteiger partial charge on any atom is -0.383 e. The number of amides is 3. The van der Waals surface area contributed by atoms with Crippen molar-refractivity contribution >= 4 is 24.4 Å². The molecule has 1 saturated heterocycles. The maximum atomic E-state index is 11.7. The zero-order chi connectivity index (χ0) is 23.0. The minimum absolute atomic E-state index is 0.0300. The Hall–Kier alpha value is -2.57. The molecule has 0 aliphatic carbocycles. The van der Waals surface area contributed by atoms with Crippen LogP contribution in [0.2, 0.25) is 0 Å². The second kappa shape index (κ2) is 16.4. The van der Waals surface area contributed by atoms with E-state index in [4.69, 9.17) is 4.79 Å². The third-order valence-corrected chi connectivity index (χ3v) is 3.94. The van der Waals surface area contributed by atoms with E-state index in [2.05, 4.69) is 38.7 Å². The summed E-state index contributed by atoms with van der Waals surface area (Å²) in [5, 5.41) is 3.27. The summed E-state index contributed by atoms with van der Waals surface area (Å²) in [6, 6.07) is 8.40. The molecule has 0 unspecified atom stereocenters. The quantitative estimate of drug-likeness (QED) is 0.748. The standard InChI is InChI=1S/C12H18N2O.C7H13NO.C2H6.CH3NO/c1-9(2)13-11-7-5-6-10(8-11)12(15)14(3)4;1-6-3-7(2)8(4-6)5-9;1-2;2-1-3/h5-9,13H,1-4H3;5-7H,3-4H2,1-2H3;1-2H3;1H,(H2,2,3)/t;6-,7-;;/m.1../s1. The molecule has 1 aliphatic heterocycles. The van der Waals surface area contributed by atoms with Crippen molar-refractivity contribution < 1.29 is 14.4 Å². The lowest BCUT2D eigenvalue weighted by Gasteiger charge is -2.13. The van der Waals surface area contributed by atoms with Gasteiger partial charge in [0.1, 0.15) is 0 Å². The van der Waals surface area contributed by atoms with E-state index < -0.39 is 0 Å². The highest BCUT2D eigenvalue weighted by Gasteiger charge is 2.23. The molecule has 3 amide bonds. The Balaban J connectivity index is 0. The van der Waals surface area contributed by atoms with E-state index in [-0.39, 0.29) is 12.3 Å². The van der Waals surface area contributed by atoms with E-state index in [0.29, 0.717) is 23.6 Å². The molecule has 0 aromatic heterocycles. The van der Waals surface area contributed by atoms with Gasteiger partial charge in [0.25, 0.3) is 5.91 Å². The van der Waals surface area contributed by atoms with Crippen LogP contribution in [-0.2, 0) is 9.59 Å². The lowest BCUT2D eigenvalue weighted by molar-refractivity contribution is -0.118. The maximum absolute atomic E-state index is 11.7. The Morgan fingerprint density at radius 3 is 2.14 bits per heavy atom. The van der Waals surface area contributed by atoms with Crippen molar-refractivity contribution in [3.63, 3.8) is 0 Å². The summed E-state index contributed by atoms with van der Waals surface area (Å²) in [4.78, 5) is 34.0. The van der Waals surface area contributed by atoms with Gasteiger partial charge in [-0.25, -0.2) is 0 Å². The molecule has 1 heterocycles. The van der Waals surface area contributed by atoms with Crippen molar-refractivity contribution in [2.45, 2.75) is 60.0 Å². The van der Waals surface area contributed by atoms with Crippen molar-refractivity contribution in [2.24, 2.45) is 11.7 Å². The van der Waals surface area contributed by atoms with Gasteiger partial charge >= 0.3 is 0 Å². The number of anilines is 1. The van der Waals surface area contributed by atoms with Crippen molar-refractivity contribution in [1.29, 1.82) is 0 Å². The van der Waals surface area contributed by atoms with Crippen LogP contribution in [0.15, 0.2) is 24.3 Å². The minimum atomic E-state index is 0.0300. The number of nitrogens with two attached hydrogens (primary N) is 1. The first-order valence-corrected chi connectivity index (χ1v) is 10.1. The van der Waals surface area contributed by atoms with Gasteiger partial charge in [-0.05, 0) is 51.3 Å². The number of nitrogens with one attached hydrogen (secondary N) is 1. The Bertz CT molecular complexity index is 591. The summed E-state index contributed by atoms with van der Waals surface area (Å²) < 4.78 is 0. The number of hydrogen-bond acceptors (Lipinski definition) is 4. The van der Waals surface area contributed by atoms with Crippen molar-refractivity contribution in [3.8, 4) is 0 Å². The molecule has 1 fully saturated rings. The van der Waals surface area contributed by atoms with Gasteiger partial charge in [0, 0.05) is 44.0 Å². The Morgan fingerprint density at radius 1 is 1.24 bits per heavy atom. The Labute approximate surface area is 176 Å². The number of rotatable bonds is 4. The van der Waals surface area contributed by atoms with Crippen LogP contribution in [0.3, 0.4) is 0 Å². The zero-order valence-electron chi connectivity index (χ0n) is 19.3. The van der Waals surface area contributed by atoms with E-state index in [9.17, 15) is 9.59 Å². The third kappa shape index (κ3) is 12.5. The number of likely N-dealkylation sites (tertiary alicyclic amines) is 1. The molecule has 1 aromatic rings. The van der Waals surface area contributed by atoms with Gasteiger partial charge in [0.2, 0.25) is 12.8 Å². The first-order chi connectivity index (χ1) is 13.7. The highest BCUT2D eigenvalue weighted by molar-refractivity contribution is 5.94. The molecule has 0 spiro atoms. The summed E-state index contributed by atoms with van der Waals surface area (Å²) in [6.45, 7) is 13.4. The molecular weight excluding hydrogens is 368 g/mol.